The summed E-state index contributed by atoms with van der Waals surface area (Å²) < 4.78 is 5.21. The van der Waals surface area contributed by atoms with Crippen molar-refractivity contribution in [3.05, 3.63) is 83.4 Å². The van der Waals surface area contributed by atoms with E-state index in [0.717, 1.165) is 39.3 Å². The van der Waals surface area contributed by atoms with Crippen molar-refractivity contribution in [1.82, 2.24) is 20.3 Å². The normalized spacial score (nSPS) is 11.9. The summed E-state index contributed by atoms with van der Waals surface area (Å²) in [4.78, 5) is 27.5. The van der Waals surface area contributed by atoms with E-state index in [1.54, 1.807) is 7.11 Å². The first-order chi connectivity index (χ1) is 15.9. The third-order valence-corrected chi connectivity index (χ3v) is 5.62. The standard InChI is InChI=1S/C26H29N5O2/c1-17-28-24(15-25(29-17)31(2)3)23(14-19-16-27-22-8-6-5-7-21(19)22)30-26(32)13-18-9-11-20(33-4)12-10-18/h5-12,15-16,23,27H,13-14H2,1-4H3,(H,30,32)/t23-/m1/s1. The number of nitrogens with zero attached hydrogens (tertiary/aromatic N) is 3. The third-order valence-electron chi connectivity index (χ3n) is 5.62. The average Bonchev–Trinajstić information content (AvgIpc) is 3.21. The minimum absolute atomic E-state index is 0.0623. The lowest BCUT2D eigenvalue weighted by Gasteiger charge is -2.21. The van der Waals surface area contributed by atoms with Crippen LogP contribution in [0.25, 0.3) is 10.9 Å². The largest absolute Gasteiger partial charge is 0.497 e. The predicted octanol–water partition coefficient (Wildman–Crippen LogP) is 3.98. The summed E-state index contributed by atoms with van der Waals surface area (Å²) >= 11 is 0. The maximum absolute atomic E-state index is 13.0. The molecule has 0 spiro atoms. The van der Waals surface area contributed by atoms with E-state index in [1.165, 1.54) is 0 Å². The van der Waals surface area contributed by atoms with E-state index < -0.39 is 0 Å². The van der Waals surface area contributed by atoms with Gasteiger partial charge in [-0.25, -0.2) is 9.97 Å². The molecule has 0 radical (unpaired) electrons. The molecule has 2 N–H and O–H groups in total. The number of ether oxygens (including phenoxy) is 1. The molecule has 0 saturated carbocycles. The summed E-state index contributed by atoms with van der Waals surface area (Å²) in [5.74, 6) is 2.19. The number of benzene rings is 2. The molecule has 0 saturated heterocycles. The molecular weight excluding hydrogens is 414 g/mol. The number of amides is 1. The molecule has 1 amide bonds. The van der Waals surface area contributed by atoms with Gasteiger partial charge in [0.15, 0.2) is 0 Å². The Labute approximate surface area is 193 Å². The molecular formula is C26H29N5O2. The quantitative estimate of drug-likeness (QED) is 0.430. The zero-order valence-corrected chi connectivity index (χ0v) is 19.4. The SMILES string of the molecule is COc1ccc(CC(=O)N[C@H](Cc2c[nH]c3ccccc23)c2cc(N(C)C)nc(C)n2)cc1. The van der Waals surface area contributed by atoms with Crippen LogP contribution in [0.4, 0.5) is 5.82 Å². The van der Waals surface area contributed by atoms with Crippen molar-refractivity contribution in [2.24, 2.45) is 0 Å². The lowest BCUT2D eigenvalue weighted by Crippen LogP contribution is -2.32. The number of fused-ring (bicyclic) bond motifs is 1. The molecule has 0 aliphatic rings. The second-order valence-electron chi connectivity index (χ2n) is 8.30. The zero-order chi connectivity index (χ0) is 23.4. The van der Waals surface area contributed by atoms with E-state index in [9.17, 15) is 4.79 Å². The highest BCUT2D eigenvalue weighted by molar-refractivity contribution is 5.83. The van der Waals surface area contributed by atoms with Gasteiger partial charge in [0, 0.05) is 43.7 Å². The number of methoxy groups -OCH3 is 1. The van der Waals surface area contributed by atoms with Crippen molar-refractivity contribution in [3.63, 3.8) is 0 Å². The number of aromatic amines is 1. The maximum Gasteiger partial charge on any atom is 0.224 e. The molecule has 0 bridgehead atoms. The first-order valence-electron chi connectivity index (χ1n) is 10.9. The number of H-pyrrole nitrogens is 1. The van der Waals surface area contributed by atoms with Gasteiger partial charge in [0.2, 0.25) is 5.91 Å². The van der Waals surface area contributed by atoms with Gasteiger partial charge in [0.25, 0.3) is 0 Å². The predicted molar refractivity (Wildman–Crippen MR) is 131 cm³/mol. The van der Waals surface area contributed by atoms with Crippen LogP contribution in [0.3, 0.4) is 0 Å². The molecule has 170 valence electrons. The van der Waals surface area contributed by atoms with E-state index in [-0.39, 0.29) is 18.4 Å². The highest BCUT2D eigenvalue weighted by Gasteiger charge is 2.20. The molecule has 0 aliphatic heterocycles. The van der Waals surface area contributed by atoms with E-state index in [0.29, 0.717) is 12.2 Å². The van der Waals surface area contributed by atoms with Gasteiger partial charge < -0.3 is 19.9 Å². The first kappa shape index (κ1) is 22.3. The van der Waals surface area contributed by atoms with Crippen LogP contribution < -0.4 is 15.0 Å². The molecule has 7 heteroatoms. The summed E-state index contributed by atoms with van der Waals surface area (Å²) in [5, 5.41) is 4.36. The summed E-state index contributed by atoms with van der Waals surface area (Å²) in [6.45, 7) is 1.87. The molecule has 4 rings (SSSR count). The van der Waals surface area contributed by atoms with Crippen LogP contribution in [-0.4, -0.2) is 42.1 Å². The number of nitrogens with one attached hydrogen (secondary N) is 2. The Morgan fingerprint density at radius 1 is 1.12 bits per heavy atom. The average molecular weight is 444 g/mol. The third kappa shape index (κ3) is 5.31. The highest BCUT2D eigenvalue weighted by Crippen LogP contribution is 2.25. The minimum atomic E-state index is -0.296. The molecule has 0 fully saturated rings. The van der Waals surface area contributed by atoms with Crippen molar-refractivity contribution in [3.8, 4) is 5.75 Å². The maximum atomic E-state index is 13.0. The van der Waals surface area contributed by atoms with Crippen LogP contribution in [0, 0.1) is 6.92 Å². The highest BCUT2D eigenvalue weighted by atomic mass is 16.5. The number of para-hydroxylation sites is 1. The molecule has 4 aromatic rings. The van der Waals surface area contributed by atoms with Gasteiger partial charge in [-0.2, -0.15) is 0 Å². The van der Waals surface area contributed by atoms with Gasteiger partial charge in [0.1, 0.15) is 17.4 Å². The Morgan fingerprint density at radius 3 is 2.61 bits per heavy atom. The Morgan fingerprint density at radius 2 is 1.88 bits per heavy atom. The summed E-state index contributed by atoms with van der Waals surface area (Å²) in [7, 11) is 5.52. The second kappa shape index (κ2) is 9.73. The number of carbonyl (C=O) groups excluding carboxylic acids is 1. The van der Waals surface area contributed by atoms with Crippen LogP contribution in [0.2, 0.25) is 0 Å². The fourth-order valence-corrected chi connectivity index (χ4v) is 3.91. The van der Waals surface area contributed by atoms with Crippen LogP contribution in [0.15, 0.2) is 60.8 Å². The monoisotopic (exact) mass is 443 g/mol. The van der Waals surface area contributed by atoms with Gasteiger partial charge in [-0.3, -0.25) is 4.79 Å². The Hall–Kier alpha value is -3.87. The van der Waals surface area contributed by atoms with E-state index >= 15 is 0 Å². The van der Waals surface area contributed by atoms with Crippen LogP contribution >= 0.6 is 0 Å². The fraction of sp³-hybridized carbons (Fsp3) is 0.269. The summed E-state index contributed by atoms with van der Waals surface area (Å²) in [6.07, 6.45) is 2.90. The number of aromatic nitrogens is 3. The molecule has 7 nitrogen and oxygen atoms in total. The number of hydrogen-bond acceptors (Lipinski definition) is 5. The van der Waals surface area contributed by atoms with Crippen molar-refractivity contribution < 1.29 is 9.53 Å². The molecule has 2 heterocycles. The molecule has 33 heavy (non-hydrogen) atoms. The number of carbonyl (C=O) groups is 1. The van der Waals surface area contributed by atoms with Crippen LogP contribution in [-0.2, 0) is 17.6 Å². The fourth-order valence-electron chi connectivity index (χ4n) is 3.91. The first-order valence-corrected chi connectivity index (χ1v) is 10.9. The molecule has 1 atom stereocenters. The lowest BCUT2D eigenvalue weighted by molar-refractivity contribution is -0.121. The van der Waals surface area contributed by atoms with Crippen molar-refractivity contribution in [2.75, 3.05) is 26.1 Å². The smallest absolute Gasteiger partial charge is 0.224 e. The number of anilines is 1. The Balaban J connectivity index is 1.62. The zero-order valence-electron chi connectivity index (χ0n) is 19.4. The summed E-state index contributed by atoms with van der Waals surface area (Å²) in [6, 6.07) is 17.4. The van der Waals surface area contributed by atoms with Gasteiger partial charge in [-0.15, -0.1) is 0 Å². The van der Waals surface area contributed by atoms with E-state index in [4.69, 9.17) is 4.74 Å². The Kier molecular flexibility index (Phi) is 6.58. The molecule has 0 unspecified atom stereocenters. The summed E-state index contributed by atoms with van der Waals surface area (Å²) in [5.41, 5.74) is 3.92. The van der Waals surface area contributed by atoms with Crippen molar-refractivity contribution in [1.29, 1.82) is 0 Å². The lowest BCUT2D eigenvalue weighted by atomic mass is 10.0. The molecule has 2 aromatic carbocycles. The van der Waals surface area contributed by atoms with E-state index in [2.05, 4.69) is 32.4 Å². The number of rotatable bonds is 8. The number of hydrogen-bond donors (Lipinski definition) is 2. The van der Waals surface area contributed by atoms with Crippen LogP contribution in [0.1, 0.15) is 28.7 Å². The molecule has 0 aliphatic carbocycles. The van der Waals surface area contributed by atoms with Gasteiger partial charge >= 0.3 is 0 Å². The van der Waals surface area contributed by atoms with Crippen molar-refractivity contribution in [2.45, 2.75) is 25.8 Å². The van der Waals surface area contributed by atoms with Crippen molar-refractivity contribution >= 4 is 22.6 Å². The number of aryl methyl sites for hydroxylation is 1. The topological polar surface area (TPSA) is 83.1 Å². The Bertz CT molecular complexity index is 1250. The van der Waals surface area contributed by atoms with Gasteiger partial charge in [-0.05, 0) is 36.2 Å². The molecule has 2 aromatic heterocycles. The van der Waals surface area contributed by atoms with Gasteiger partial charge in [-0.1, -0.05) is 30.3 Å². The van der Waals surface area contributed by atoms with Crippen LogP contribution in [0.5, 0.6) is 5.75 Å². The second-order valence-corrected chi connectivity index (χ2v) is 8.30. The van der Waals surface area contributed by atoms with E-state index in [1.807, 2.05) is 74.6 Å². The minimum Gasteiger partial charge on any atom is -0.497 e. The van der Waals surface area contributed by atoms with Gasteiger partial charge in [0.05, 0.1) is 25.3 Å².